The largest absolute Gasteiger partial charge is 0.493 e. The lowest BCUT2D eigenvalue weighted by Crippen LogP contribution is -1.93. The van der Waals surface area contributed by atoms with Crippen molar-refractivity contribution in [2.45, 2.75) is 13.8 Å². The molecule has 3 aromatic rings. The number of aromatic nitrogens is 2. The number of anilines is 2. The standard InChI is InChI=1S/C18H19N3O3/c1-11-7-12(2)9-14(8-11)19-18-20-17(21-24-18)13-5-6-15(22-3)16(10-13)23-4/h5-10H,1-4H3,(H,19,20,21). The third-order valence-electron chi connectivity index (χ3n) is 3.54. The third kappa shape index (κ3) is 3.32. The van der Waals surface area contributed by atoms with E-state index in [0.29, 0.717) is 23.3 Å². The van der Waals surface area contributed by atoms with Gasteiger partial charge < -0.3 is 19.3 Å². The van der Waals surface area contributed by atoms with Crippen LogP contribution in [0.25, 0.3) is 11.4 Å². The summed E-state index contributed by atoms with van der Waals surface area (Å²) in [5, 5.41) is 7.14. The van der Waals surface area contributed by atoms with E-state index in [2.05, 4.69) is 21.5 Å². The highest BCUT2D eigenvalue weighted by Gasteiger charge is 2.12. The SMILES string of the molecule is COc1ccc(-c2noc(Nc3cc(C)cc(C)c3)n2)cc1OC. The smallest absolute Gasteiger partial charge is 0.326 e. The first-order valence-electron chi connectivity index (χ1n) is 7.50. The van der Waals surface area contributed by atoms with Crippen LogP contribution >= 0.6 is 0 Å². The van der Waals surface area contributed by atoms with E-state index in [-0.39, 0.29) is 0 Å². The fourth-order valence-electron chi connectivity index (χ4n) is 2.54. The van der Waals surface area contributed by atoms with Gasteiger partial charge in [0.05, 0.1) is 14.2 Å². The van der Waals surface area contributed by atoms with Crippen LogP contribution in [0.3, 0.4) is 0 Å². The number of hydrogen-bond acceptors (Lipinski definition) is 6. The Labute approximate surface area is 140 Å². The van der Waals surface area contributed by atoms with Crippen molar-refractivity contribution in [1.82, 2.24) is 10.1 Å². The quantitative estimate of drug-likeness (QED) is 0.761. The van der Waals surface area contributed by atoms with Crippen molar-refractivity contribution in [3.05, 3.63) is 47.5 Å². The van der Waals surface area contributed by atoms with E-state index in [4.69, 9.17) is 14.0 Å². The Morgan fingerprint density at radius 3 is 2.29 bits per heavy atom. The molecule has 0 saturated carbocycles. The van der Waals surface area contributed by atoms with Crippen LogP contribution < -0.4 is 14.8 Å². The molecule has 0 saturated heterocycles. The Morgan fingerprint density at radius 2 is 1.62 bits per heavy atom. The minimum absolute atomic E-state index is 0.338. The van der Waals surface area contributed by atoms with Crippen molar-refractivity contribution in [1.29, 1.82) is 0 Å². The van der Waals surface area contributed by atoms with E-state index in [0.717, 1.165) is 22.4 Å². The normalized spacial score (nSPS) is 10.5. The van der Waals surface area contributed by atoms with Gasteiger partial charge in [-0.25, -0.2) is 0 Å². The van der Waals surface area contributed by atoms with E-state index in [1.165, 1.54) is 0 Å². The molecule has 0 aliphatic carbocycles. The lowest BCUT2D eigenvalue weighted by atomic mass is 10.1. The third-order valence-corrected chi connectivity index (χ3v) is 3.54. The summed E-state index contributed by atoms with van der Waals surface area (Å²) in [7, 11) is 3.18. The fourth-order valence-corrected chi connectivity index (χ4v) is 2.54. The van der Waals surface area contributed by atoms with Crippen LogP contribution in [0, 0.1) is 13.8 Å². The molecule has 0 unspecified atom stereocenters. The van der Waals surface area contributed by atoms with Crippen LogP contribution in [-0.2, 0) is 0 Å². The van der Waals surface area contributed by atoms with Crippen molar-refractivity contribution < 1.29 is 14.0 Å². The predicted molar refractivity (Wildman–Crippen MR) is 92.0 cm³/mol. The first-order chi connectivity index (χ1) is 11.6. The zero-order valence-electron chi connectivity index (χ0n) is 14.1. The second kappa shape index (κ2) is 6.62. The molecule has 1 aromatic heterocycles. The molecule has 0 aliphatic rings. The molecule has 0 fully saturated rings. The van der Waals surface area contributed by atoms with Gasteiger partial charge in [-0.3, -0.25) is 0 Å². The number of hydrogen-bond donors (Lipinski definition) is 1. The molecule has 0 atom stereocenters. The summed E-state index contributed by atoms with van der Waals surface area (Å²) in [4.78, 5) is 4.38. The number of ether oxygens (including phenoxy) is 2. The number of nitrogens with one attached hydrogen (secondary N) is 1. The molecule has 124 valence electrons. The van der Waals surface area contributed by atoms with Crippen LogP contribution in [0.5, 0.6) is 11.5 Å². The maximum atomic E-state index is 5.30. The van der Waals surface area contributed by atoms with Gasteiger partial charge in [-0.1, -0.05) is 11.2 Å². The molecule has 2 aromatic carbocycles. The van der Waals surface area contributed by atoms with Gasteiger partial charge in [0.2, 0.25) is 5.82 Å². The van der Waals surface area contributed by atoms with Crippen LogP contribution in [0.4, 0.5) is 11.7 Å². The minimum atomic E-state index is 0.338. The van der Waals surface area contributed by atoms with Crippen LogP contribution in [0.1, 0.15) is 11.1 Å². The van der Waals surface area contributed by atoms with Gasteiger partial charge in [-0.05, 0) is 55.3 Å². The maximum absolute atomic E-state index is 5.30. The maximum Gasteiger partial charge on any atom is 0.326 e. The minimum Gasteiger partial charge on any atom is -0.493 e. The van der Waals surface area contributed by atoms with Gasteiger partial charge in [0.15, 0.2) is 11.5 Å². The van der Waals surface area contributed by atoms with Gasteiger partial charge in [0.1, 0.15) is 0 Å². The molecule has 0 bridgehead atoms. The average Bonchev–Trinajstić information content (AvgIpc) is 3.01. The molecule has 0 amide bonds. The highest BCUT2D eigenvalue weighted by atomic mass is 16.5. The Hall–Kier alpha value is -3.02. The van der Waals surface area contributed by atoms with Crippen LogP contribution in [-0.4, -0.2) is 24.4 Å². The average molecular weight is 325 g/mol. The number of nitrogens with zero attached hydrogens (tertiary/aromatic N) is 2. The van der Waals surface area contributed by atoms with E-state index in [1.807, 2.05) is 44.2 Å². The zero-order chi connectivity index (χ0) is 17.1. The first kappa shape index (κ1) is 15.9. The van der Waals surface area contributed by atoms with Gasteiger partial charge in [0, 0.05) is 11.3 Å². The van der Waals surface area contributed by atoms with Crippen molar-refractivity contribution in [2.75, 3.05) is 19.5 Å². The molecule has 1 N–H and O–H groups in total. The van der Waals surface area contributed by atoms with Gasteiger partial charge in [0.25, 0.3) is 0 Å². The molecule has 0 spiro atoms. The molecule has 24 heavy (non-hydrogen) atoms. The Kier molecular flexibility index (Phi) is 4.37. The lowest BCUT2D eigenvalue weighted by molar-refractivity contribution is 0.355. The highest BCUT2D eigenvalue weighted by Crippen LogP contribution is 2.31. The highest BCUT2D eigenvalue weighted by molar-refractivity contribution is 5.63. The molecule has 0 aliphatic heterocycles. The number of rotatable bonds is 5. The number of methoxy groups -OCH3 is 2. The molecule has 6 nitrogen and oxygen atoms in total. The van der Waals surface area contributed by atoms with E-state index < -0.39 is 0 Å². The number of aryl methyl sites for hydroxylation is 2. The van der Waals surface area contributed by atoms with E-state index in [9.17, 15) is 0 Å². The summed E-state index contributed by atoms with van der Waals surface area (Å²) in [5.41, 5.74) is 4.02. The van der Waals surface area contributed by atoms with E-state index >= 15 is 0 Å². The van der Waals surface area contributed by atoms with Crippen molar-refractivity contribution >= 4 is 11.7 Å². The molecule has 3 rings (SSSR count). The Bertz CT molecular complexity index is 838. The molecular formula is C18H19N3O3. The van der Waals surface area contributed by atoms with Gasteiger partial charge >= 0.3 is 6.01 Å². The first-order valence-corrected chi connectivity index (χ1v) is 7.50. The summed E-state index contributed by atoms with van der Waals surface area (Å²) >= 11 is 0. The van der Waals surface area contributed by atoms with Gasteiger partial charge in [-0.15, -0.1) is 0 Å². The molecular weight excluding hydrogens is 306 g/mol. The topological polar surface area (TPSA) is 69.4 Å². The lowest BCUT2D eigenvalue weighted by Gasteiger charge is -2.07. The summed E-state index contributed by atoms with van der Waals surface area (Å²) < 4.78 is 15.8. The molecule has 6 heteroatoms. The second-order valence-corrected chi connectivity index (χ2v) is 5.49. The summed E-state index contributed by atoms with van der Waals surface area (Å²) in [5.74, 6) is 1.74. The van der Waals surface area contributed by atoms with Crippen LogP contribution in [0.2, 0.25) is 0 Å². The van der Waals surface area contributed by atoms with E-state index in [1.54, 1.807) is 14.2 Å². The second-order valence-electron chi connectivity index (χ2n) is 5.49. The molecule has 1 heterocycles. The summed E-state index contributed by atoms with van der Waals surface area (Å²) in [6, 6.07) is 12.0. The van der Waals surface area contributed by atoms with Crippen LogP contribution in [0.15, 0.2) is 40.9 Å². The Balaban J connectivity index is 1.85. The summed E-state index contributed by atoms with van der Waals surface area (Å²) in [6.07, 6.45) is 0. The zero-order valence-corrected chi connectivity index (χ0v) is 14.1. The van der Waals surface area contributed by atoms with Gasteiger partial charge in [-0.2, -0.15) is 4.98 Å². The van der Waals surface area contributed by atoms with Crippen molar-refractivity contribution in [3.8, 4) is 22.9 Å². The summed E-state index contributed by atoms with van der Waals surface area (Å²) in [6.45, 7) is 4.09. The number of benzene rings is 2. The molecule has 0 radical (unpaired) electrons. The fraction of sp³-hybridized carbons (Fsp3) is 0.222. The van der Waals surface area contributed by atoms with Crippen molar-refractivity contribution in [2.24, 2.45) is 0 Å². The Morgan fingerprint density at radius 1 is 0.917 bits per heavy atom. The predicted octanol–water partition coefficient (Wildman–Crippen LogP) is 4.11. The monoisotopic (exact) mass is 325 g/mol. The van der Waals surface area contributed by atoms with Crippen molar-refractivity contribution in [3.63, 3.8) is 0 Å².